The lowest BCUT2D eigenvalue weighted by Crippen LogP contribution is -2.06. The van der Waals surface area contributed by atoms with Crippen molar-refractivity contribution in [3.8, 4) is 0 Å². The Morgan fingerprint density at radius 1 is 1.31 bits per heavy atom. The summed E-state index contributed by atoms with van der Waals surface area (Å²) in [7, 11) is 0. The van der Waals surface area contributed by atoms with E-state index in [4.69, 9.17) is 5.73 Å². The van der Waals surface area contributed by atoms with Crippen LogP contribution in [0.2, 0.25) is 0 Å². The third-order valence-electron chi connectivity index (χ3n) is 2.78. The van der Waals surface area contributed by atoms with E-state index in [0.717, 1.165) is 12.1 Å². The Kier molecular flexibility index (Phi) is 2.10. The van der Waals surface area contributed by atoms with E-state index in [2.05, 4.69) is 39.7 Å². The molecule has 0 aliphatic heterocycles. The van der Waals surface area contributed by atoms with Gasteiger partial charge in [0.05, 0.1) is 12.4 Å². The minimum Gasteiger partial charge on any atom is -0.382 e. The first-order valence-electron chi connectivity index (χ1n) is 5.05. The molecule has 16 heavy (non-hydrogen) atoms. The number of nitrogens with zero attached hydrogens (tertiary/aromatic N) is 4. The predicted octanol–water partition coefficient (Wildman–Crippen LogP) is 1.21. The normalized spacial score (nSPS) is 24.3. The highest BCUT2D eigenvalue weighted by Gasteiger charge is 2.20. The van der Waals surface area contributed by atoms with Gasteiger partial charge in [-0.05, 0) is 6.42 Å². The fourth-order valence-electron chi connectivity index (χ4n) is 1.98. The van der Waals surface area contributed by atoms with Crippen molar-refractivity contribution in [3.63, 3.8) is 0 Å². The van der Waals surface area contributed by atoms with Gasteiger partial charge < -0.3 is 10.3 Å². The predicted molar refractivity (Wildman–Crippen MR) is 65.3 cm³/mol. The Morgan fingerprint density at radius 2 is 2.19 bits per heavy atom. The molecule has 0 unspecified atom stereocenters. The first-order chi connectivity index (χ1) is 7.75. The largest absolute Gasteiger partial charge is 0.382 e. The van der Waals surface area contributed by atoms with Gasteiger partial charge in [0.1, 0.15) is 11.8 Å². The second-order valence-electron chi connectivity index (χ2n) is 3.84. The maximum atomic E-state index is 5.74. The fourth-order valence-corrected chi connectivity index (χ4v) is 2.30. The lowest BCUT2D eigenvalue weighted by Gasteiger charge is -2.10. The summed E-state index contributed by atoms with van der Waals surface area (Å²) in [5.74, 6) is 0.424. The van der Waals surface area contributed by atoms with Crippen LogP contribution in [0.25, 0.3) is 11.2 Å². The molecule has 5 nitrogen and oxygen atoms in total. The molecule has 0 saturated heterocycles. The van der Waals surface area contributed by atoms with Crippen LogP contribution in [0.1, 0.15) is 12.5 Å². The molecule has 2 atom stereocenters. The van der Waals surface area contributed by atoms with Crippen LogP contribution in [0.5, 0.6) is 0 Å². The number of thiol groups is 1. The zero-order valence-corrected chi connectivity index (χ0v) is 9.38. The number of allylic oxidation sites excluding steroid dienone is 1. The van der Waals surface area contributed by atoms with Gasteiger partial charge in [-0.2, -0.15) is 12.6 Å². The van der Waals surface area contributed by atoms with Gasteiger partial charge in [0.2, 0.25) is 0 Å². The molecule has 0 saturated carbocycles. The molecule has 0 radical (unpaired) electrons. The molecule has 0 aromatic carbocycles. The van der Waals surface area contributed by atoms with Crippen molar-refractivity contribution in [2.24, 2.45) is 0 Å². The molecule has 0 fully saturated rings. The van der Waals surface area contributed by atoms with Crippen LogP contribution >= 0.6 is 12.6 Å². The third kappa shape index (κ3) is 1.37. The Morgan fingerprint density at radius 3 is 2.94 bits per heavy atom. The number of aromatic nitrogens is 4. The average Bonchev–Trinajstić information content (AvgIpc) is 2.84. The van der Waals surface area contributed by atoms with E-state index in [1.54, 1.807) is 6.33 Å². The van der Waals surface area contributed by atoms with E-state index in [-0.39, 0.29) is 6.04 Å². The number of anilines is 1. The standard InChI is InChI=1S/C10H11N5S/c11-9-8-10(13-4-12-9)15(5-14-8)6-1-2-7(16)3-6/h1-2,4-7,16H,3H2,(H2,11,12,13)/t6-,7-/m1/s1. The van der Waals surface area contributed by atoms with E-state index in [1.165, 1.54) is 6.33 Å². The summed E-state index contributed by atoms with van der Waals surface area (Å²) in [5.41, 5.74) is 7.18. The highest BCUT2D eigenvalue weighted by Crippen LogP contribution is 2.29. The summed E-state index contributed by atoms with van der Waals surface area (Å²) in [6, 6.07) is 0.266. The SMILES string of the molecule is Nc1ncnc2c1ncn2[C@@H]1C=C[C@@H](S)C1. The van der Waals surface area contributed by atoms with Crippen molar-refractivity contribution in [1.29, 1.82) is 0 Å². The van der Waals surface area contributed by atoms with Crippen LogP contribution in [0.3, 0.4) is 0 Å². The monoisotopic (exact) mass is 233 g/mol. The molecule has 2 aromatic heterocycles. The number of hydrogen-bond donors (Lipinski definition) is 2. The number of rotatable bonds is 1. The Bertz CT molecular complexity index is 561. The molecule has 6 heteroatoms. The molecule has 2 N–H and O–H groups in total. The summed E-state index contributed by atoms with van der Waals surface area (Å²) in [5, 5.41) is 0.307. The highest BCUT2D eigenvalue weighted by molar-refractivity contribution is 7.81. The molecule has 0 amide bonds. The summed E-state index contributed by atoms with van der Waals surface area (Å²) in [6.45, 7) is 0. The van der Waals surface area contributed by atoms with E-state index in [9.17, 15) is 0 Å². The molecule has 1 aliphatic carbocycles. The second-order valence-corrected chi connectivity index (χ2v) is 4.50. The molecule has 2 aromatic rings. The molecule has 1 aliphatic rings. The van der Waals surface area contributed by atoms with Crippen LogP contribution in [0.15, 0.2) is 24.8 Å². The van der Waals surface area contributed by atoms with Gasteiger partial charge in [0.15, 0.2) is 11.5 Å². The Balaban J connectivity index is 2.12. The molecule has 3 rings (SSSR count). The number of imidazole rings is 1. The van der Waals surface area contributed by atoms with Crippen LogP contribution in [-0.2, 0) is 0 Å². The summed E-state index contributed by atoms with van der Waals surface area (Å²) in [4.78, 5) is 12.4. The highest BCUT2D eigenvalue weighted by atomic mass is 32.1. The van der Waals surface area contributed by atoms with Crippen molar-refractivity contribution in [1.82, 2.24) is 19.5 Å². The van der Waals surface area contributed by atoms with E-state index >= 15 is 0 Å². The number of nitrogens with two attached hydrogens (primary N) is 1. The molecule has 2 heterocycles. The van der Waals surface area contributed by atoms with E-state index in [0.29, 0.717) is 16.6 Å². The maximum Gasteiger partial charge on any atom is 0.165 e. The average molecular weight is 233 g/mol. The van der Waals surface area contributed by atoms with Crippen LogP contribution < -0.4 is 5.73 Å². The number of fused-ring (bicyclic) bond motifs is 1. The Labute approximate surface area is 97.8 Å². The van der Waals surface area contributed by atoms with E-state index in [1.807, 2.05) is 4.57 Å². The minimum absolute atomic E-state index is 0.266. The Hall–Kier alpha value is -1.56. The van der Waals surface area contributed by atoms with Gasteiger partial charge in [-0.25, -0.2) is 15.0 Å². The van der Waals surface area contributed by atoms with Crippen molar-refractivity contribution in [2.45, 2.75) is 17.7 Å². The molecular formula is C10H11N5S. The van der Waals surface area contributed by atoms with Gasteiger partial charge in [-0.1, -0.05) is 12.2 Å². The molecule has 0 spiro atoms. The molecular weight excluding hydrogens is 222 g/mol. The zero-order valence-electron chi connectivity index (χ0n) is 8.48. The summed E-state index contributed by atoms with van der Waals surface area (Å²) in [6.07, 6.45) is 8.39. The zero-order chi connectivity index (χ0) is 11.1. The van der Waals surface area contributed by atoms with Crippen LogP contribution in [-0.4, -0.2) is 24.8 Å². The first-order valence-corrected chi connectivity index (χ1v) is 5.57. The fraction of sp³-hybridized carbons (Fsp3) is 0.300. The molecule has 82 valence electrons. The smallest absolute Gasteiger partial charge is 0.165 e. The van der Waals surface area contributed by atoms with E-state index < -0.39 is 0 Å². The number of nitrogen functional groups attached to an aromatic ring is 1. The van der Waals surface area contributed by atoms with Crippen molar-refractivity contribution in [3.05, 3.63) is 24.8 Å². The quantitative estimate of drug-likeness (QED) is 0.573. The third-order valence-corrected chi connectivity index (χ3v) is 3.17. The maximum absolute atomic E-state index is 5.74. The van der Waals surface area contributed by atoms with Crippen LogP contribution in [0, 0.1) is 0 Å². The van der Waals surface area contributed by atoms with Gasteiger partial charge >= 0.3 is 0 Å². The van der Waals surface area contributed by atoms with Crippen molar-refractivity contribution >= 4 is 29.6 Å². The summed E-state index contributed by atoms with van der Waals surface area (Å²) >= 11 is 4.42. The van der Waals surface area contributed by atoms with Gasteiger partial charge in [-0.3, -0.25) is 0 Å². The topological polar surface area (TPSA) is 69.6 Å². The minimum atomic E-state index is 0.266. The van der Waals surface area contributed by atoms with Crippen molar-refractivity contribution < 1.29 is 0 Å². The van der Waals surface area contributed by atoms with Crippen molar-refractivity contribution in [2.75, 3.05) is 5.73 Å². The lowest BCUT2D eigenvalue weighted by molar-refractivity contribution is 0.607. The first kappa shape index (κ1) is 9.65. The number of hydrogen-bond acceptors (Lipinski definition) is 5. The van der Waals surface area contributed by atoms with Crippen LogP contribution in [0.4, 0.5) is 5.82 Å². The summed E-state index contributed by atoms with van der Waals surface area (Å²) < 4.78 is 2.01. The second kappa shape index (κ2) is 3.48. The van der Waals surface area contributed by atoms with Gasteiger partial charge in [0.25, 0.3) is 0 Å². The van der Waals surface area contributed by atoms with Gasteiger partial charge in [-0.15, -0.1) is 0 Å². The lowest BCUT2D eigenvalue weighted by atomic mass is 10.2. The van der Waals surface area contributed by atoms with Gasteiger partial charge in [0, 0.05) is 5.25 Å². The molecule has 0 bridgehead atoms.